The van der Waals surface area contributed by atoms with Crippen LogP contribution in [0.4, 0.5) is 10.1 Å². The highest BCUT2D eigenvalue weighted by Crippen LogP contribution is 2.26. The van der Waals surface area contributed by atoms with E-state index in [9.17, 15) is 14.0 Å². The predicted octanol–water partition coefficient (Wildman–Crippen LogP) is 3.57. The summed E-state index contributed by atoms with van der Waals surface area (Å²) in [6, 6.07) is 10.9. The van der Waals surface area contributed by atoms with E-state index in [1.54, 1.807) is 31.2 Å². The van der Waals surface area contributed by atoms with E-state index in [-0.39, 0.29) is 18.2 Å². The van der Waals surface area contributed by atoms with Gasteiger partial charge in [0.05, 0.1) is 6.54 Å². The molecule has 0 radical (unpaired) electrons. The molecule has 5 nitrogen and oxygen atoms in total. The highest BCUT2D eigenvalue weighted by Gasteiger charge is 2.22. The van der Waals surface area contributed by atoms with Crippen LogP contribution in [0, 0.1) is 25.1 Å². The van der Waals surface area contributed by atoms with Crippen LogP contribution in [0.1, 0.15) is 21.7 Å². The molecule has 0 atom stereocenters. The Morgan fingerprint density at radius 1 is 1.26 bits per heavy atom. The van der Waals surface area contributed by atoms with E-state index >= 15 is 0 Å². The smallest absolute Gasteiger partial charge is 0.290 e. The number of likely N-dealkylation sites (N-methyl/N-ethyl adjacent to an activating group) is 1. The van der Waals surface area contributed by atoms with Crippen LogP contribution in [0.5, 0.6) is 0 Å². The quantitative estimate of drug-likeness (QED) is 0.720. The maximum Gasteiger partial charge on any atom is 0.290 e. The van der Waals surface area contributed by atoms with Gasteiger partial charge in [-0.05, 0) is 43.3 Å². The molecule has 2 aromatic carbocycles. The van der Waals surface area contributed by atoms with Gasteiger partial charge in [-0.15, -0.1) is 6.42 Å². The lowest BCUT2D eigenvalue weighted by Crippen LogP contribution is -2.35. The molecule has 136 valence electrons. The van der Waals surface area contributed by atoms with Crippen molar-refractivity contribution in [2.45, 2.75) is 6.92 Å². The fraction of sp³-hybridized carbons (Fsp3) is 0.143. The first-order chi connectivity index (χ1) is 12.9. The molecule has 0 spiro atoms. The molecule has 2 amide bonds. The number of halogens is 1. The monoisotopic (exact) mass is 364 g/mol. The van der Waals surface area contributed by atoms with E-state index in [1.165, 1.54) is 30.1 Å². The first kappa shape index (κ1) is 18.2. The van der Waals surface area contributed by atoms with Crippen molar-refractivity contribution in [3.63, 3.8) is 0 Å². The number of aryl methyl sites for hydroxylation is 1. The second-order valence-corrected chi connectivity index (χ2v) is 6.13. The summed E-state index contributed by atoms with van der Waals surface area (Å²) in [5.41, 5.74) is 2.14. The number of rotatable bonds is 4. The van der Waals surface area contributed by atoms with Crippen LogP contribution >= 0.6 is 0 Å². The van der Waals surface area contributed by atoms with E-state index < -0.39 is 11.7 Å². The minimum atomic E-state index is -0.461. The molecule has 1 N–H and O–H groups in total. The van der Waals surface area contributed by atoms with Crippen molar-refractivity contribution in [3.05, 3.63) is 65.2 Å². The Morgan fingerprint density at radius 3 is 2.78 bits per heavy atom. The lowest BCUT2D eigenvalue weighted by Gasteiger charge is -2.16. The number of nitrogens with zero attached hydrogens (tertiary/aromatic N) is 1. The minimum Gasteiger partial charge on any atom is -0.451 e. The third kappa shape index (κ3) is 3.82. The van der Waals surface area contributed by atoms with Crippen LogP contribution in [0.25, 0.3) is 11.0 Å². The van der Waals surface area contributed by atoms with Crippen LogP contribution in [-0.2, 0) is 4.79 Å². The number of furan rings is 1. The Balaban J connectivity index is 1.73. The topological polar surface area (TPSA) is 62.6 Å². The summed E-state index contributed by atoms with van der Waals surface area (Å²) >= 11 is 0. The summed E-state index contributed by atoms with van der Waals surface area (Å²) in [4.78, 5) is 26.1. The molecular weight excluding hydrogens is 347 g/mol. The number of terminal acetylenes is 1. The number of hydrogen-bond acceptors (Lipinski definition) is 3. The fourth-order valence-electron chi connectivity index (χ4n) is 2.74. The second-order valence-electron chi connectivity index (χ2n) is 6.13. The van der Waals surface area contributed by atoms with E-state index in [0.717, 1.165) is 0 Å². The van der Waals surface area contributed by atoms with E-state index in [0.29, 0.717) is 27.8 Å². The van der Waals surface area contributed by atoms with Gasteiger partial charge in [-0.1, -0.05) is 12.0 Å². The van der Waals surface area contributed by atoms with Crippen LogP contribution in [0.3, 0.4) is 0 Å². The van der Waals surface area contributed by atoms with E-state index in [1.807, 2.05) is 0 Å². The standard InChI is InChI=1S/C21H17FN2O3/c1-4-14-6-5-7-16(10-14)23-19(25)12-24(3)21(26)20-13(2)17-11-15(22)8-9-18(17)27-20/h1,5-11H,12H2,2-3H3,(H,23,25). The number of nitrogens with one attached hydrogen (secondary N) is 1. The molecule has 3 rings (SSSR count). The van der Waals surface area contributed by atoms with Crippen molar-refractivity contribution in [1.82, 2.24) is 4.90 Å². The molecule has 0 aliphatic carbocycles. The van der Waals surface area contributed by atoms with Crippen molar-refractivity contribution in [1.29, 1.82) is 0 Å². The number of carbonyl (C=O) groups excluding carboxylic acids is 2. The van der Waals surface area contributed by atoms with E-state index in [2.05, 4.69) is 11.2 Å². The normalized spacial score (nSPS) is 10.4. The number of benzene rings is 2. The van der Waals surface area contributed by atoms with Gasteiger partial charge < -0.3 is 14.6 Å². The zero-order valence-corrected chi connectivity index (χ0v) is 14.9. The lowest BCUT2D eigenvalue weighted by molar-refractivity contribution is -0.116. The highest BCUT2D eigenvalue weighted by atomic mass is 19.1. The first-order valence-electron chi connectivity index (χ1n) is 8.19. The van der Waals surface area contributed by atoms with Crippen LogP contribution in [0.15, 0.2) is 46.9 Å². The van der Waals surface area contributed by atoms with Gasteiger partial charge in [-0.3, -0.25) is 9.59 Å². The molecule has 6 heteroatoms. The SMILES string of the molecule is C#Cc1cccc(NC(=O)CN(C)C(=O)c2oc3ccc(F)cc3c2C)c1. The Kier molecular flexibility index (Phi) is 4.95. The number of fused-ring (bicyclic) bond motifs is 1. The van der Waals surface area contributed by atoms with Gasteiger partial charge in [0, 0.05) is 29.2 Å². The average molecular weight is 364 g/mol. The Labute approximate surface area is 155 Å². The largest absolute Gasteiger partial charge is 0.451 e. The number of carbonyl (C=O) groups is 2. The summed E-state index contributed by atoms with van der Waals surface area (Å²) in [5.74, 6) is 1.33. The van der Waals surface area contributed by atoms with Crippen molar-refractivity contribution < 1.29 is 18.4 Å². The second kappa shape index (κ2) is 7.34. The molecular formula is C21H17FN2O3. The summed E-state index contributed by atoms with van der Waals surface area (Å²) in [6.45, 7) is 1.50. The Morgan fingerprint density at radius 2 is 2.04 bits per heavy atom. The molecule has 3 aromatic rings. The van der Waals surface area contributed by atoms with Crippen molar-refractivity contribution >= 4 is 28.5 Å². The third-order valence-electron chi connectivity index (χ3n) is 4.13. The maximum absolute atomic E-state index is 13.4. The zero-order valence-electron chi connectivity index (χ0n) is 14.9. The fourth-order valence-corrected chi connectivity index (χ4v) is 2.74. The van der Waals surface area contributed by atoms with Crippen molar-refractivity contribution in [2.24, 2.45) is 0 Å². The van der Waals surface area contributed by atoms with Gasteiger partial charge in [0.15, 0.2) is 5.76 Å². The van der Waals surface area contributed by atoms with Gasteiger partial charge in [0.25, 0.3) is 5.91 Å². The minimum absolute atomic E-state index is 0.0835. The zero-order chi connectivity index (χ0) is 19.6. The summed E-state index contributed by atoms with van der Waals surface area (Å²) in [5, 5.41) is 3.22. The summed E-state index contributed by atoms with van der Waals surface area (Å²) < 4.78 is 19.0. The van der Waals surface area contributed by atoms with Crippen LogP contribution in [-0.4, -0.2) is 30.3 Å². The van der Waals surface area contributed by atoms with Gasteiger partial charge in [-0.2, -0.15) is 0 Å². The average Bonchev–Trinajstić information content (AvgIpc) is 2.97. The molecule has 0 aliphatic heterocycles. The van der Waals surface area contributed by atoms with Gasteiger partial charge in [-0.25, -0.2) is 4.39 Å². The third-order valence-corrected chi connectivity index (χ3v) is 4.13. The van der Waals surface area contributed by atoms with Crippen molar-refractivity contribution in [2.75, 3.05) is 18.9 Å². The molecule has 1 aromatic heterocycles. The van der Waals surface area contributed by atoms with Gasteiger partial charge in [0.2, 0.25) is 5.91 Å². The predicted molar refractivity (Wildman–Crippen MR) is 101 cm³/mol. The van der Waals surface area contributed by atoms with Crippen LogP contribution in [0.2, 0.25) is 0 Å². The molecule has 0 fully saturated rings. The lowest BCUT2D eigenvalue weighted by atomic mass is 10.1. The summed E-state index contributed by atoms with van der Waals surface area (Å²) in [7, 11) is 1.49. The molecule has 0 saturated carbocycles. The molecule has 0 aliphatic rings. The van der Waals surface area contributed by atoms with Gasteiger partial charge >= 0.3 is 0 Å². The summed E-state index contributed by atoms with van der Waals surface area (Å²) in [6.07, 6.45) is 5.34. The van der Waals surface area contributed by atoms with E-state index in [4.69, 9.17) is 10.8 Å². The molecule has 0 unspecified atom stereocenters. The Hall–Kier alpha value is -3.59. The molecule has 0 bridgehead atoms. The Bertz CT molecular complexity index is 1080. The van der Waals surface area contributed by atoms with Gasteiger partial charge in [0.1, 0.15) is 11.4 Å². The van der Waals surface area contributed by atoms with Crippen LogP contribution < -0.4 is 5.32 Å². The molecule has 27 heavy (non-hydrogen) atoms. The number of amides is 2. The maximum atomic E-state index is 13.4. The molecule has 0 saturated heterocycles. The number of anilines is 1. The highest BCUT2D eigenvalue weighted by molar-refractivity contribution is 6.01. The van der Waals surface area contributed by atoms with Crippen molar-refractivity contribution in [3.8, 4) is 12.3 Å². The number of hydrogen-bond donors (Lipinski definition) is 1. The first-order valence-corrected chi connectivity index (χ1v) is 8.19. The molecule has 1 heterocycles.